The number of carboxylic acid groups (broad SMARTS) is 1. The monoisotopic (exact) mass is 1720 g/mol. The standard InChI is InChI=1S/2C20H8I4O5.2Na/c21-11-5-9-17(13(23)15(11)25)28-18-10(6-12(22)16(26)14(18)24)20(9)8-4-2-1-3-7(8)19(27)29-20;21-11-5-9-13(7-3-1-2-4-8(7)20(27)28)10-6-12(22)17(26)15(24)19(10)29-18(9)14(23)16(11)25;;/h1-6,25-26H;1-6,25H,(H,27,28);;/q;;2*+1/p-2. The predicted molar refractivity (Wildman–Crippen MR) is 278 cm³/mol. The second kappa shape index (κ2) is 19.5. The summed E-state index contributed by atoms with van der Waals surface area (Å²) in [5.41, 5.74) is 3.07. The summed E-state index contributed by atoms with van der Waals surface area (Å²) in [6.45, 7) is 0. The molecule has 292 valence electrons. The molecule has 1 spiro atoms. The number of phenols is 2. The third-order valence-corrected chi connectivity index (χ3v) is 16.7. The van der Waals surface area contributed by atoms with Gasteiger partial charge in [-0.3, -0.25) is 4.79 Å². The van der Waals surface area contributed by atoms with Crippen LogP contribution in [0.2, 0.25) is 0 Å². The Labute approximate surface area is 493 Å². The number of ether oxygens (including phenoxy) is 2. The Morgan fingerprint density at radius 3 is 1.77 bits per heavy atom. The van der Waals surface area contributed by atoms with Crippen molar-refractivity contribution in [3.63, 3.8) is 0 Å². The molecule has 20 heteroatoms. The molecule has 5 aromatic rings. The number of aromatic hydroxyl groups is 2. The smallest absolute Gasteiger partial charge is 0.871 e. The van der Waals surface area contributed by atoms with Crippen LogP contribution in [-0.2, 0) is 10.3 Å². The van der Waals surface area contributed by atoms with E-state index in [1.807, 2.05) is 148 Å². The van der Waals surface area contributed by atoms with Crippen molar-refractivity contribution in [3.05, 3.63) is 139 Å². The zero-order chi connectivity index (χ0) is 41.7. The number of rotatable bonds is 2. The number of phenolic OH excluding ortho intramolecular Hbond substituents is 2. The first-order valence-corrected chi connectivity index (χ1v) is 24.8. The predicted octanol–water partition coefficient (Wildman–Crippen LogP) is 4.51. The molecule has 0 radical (unpaired) electrons. The Morgan fingerprint density at radius 2 is 1.18 bits per heavy atom. The molecule has 0 saturated heterocycles. The average molecular weight is 1720 g/mol. The van der Waals surface area contributed by atoms with Crippen LogP contribution < -0.4 is 79.5 Å². The van der Waals surface area contributed by atoms with E-state index < -0.39 is 17.5 Å². The van der Waals surface area contributed by atoms with Crippen LogP contribution in [0, 0.1) is 28.6 Å². The zero-order valence-corrected chi connectivity index (χ0v) is 51.4. The van der Waals surface area contributed by atoms with E-state index >= 15 is 0 Å². The van der Waals surface area contributed by atoms with Crippen LogP contribution >= 0.6 is 181 Å². The minimum Gasteiger partial charge on any atom is -0.871 e. The van der Waals surface area contributed by atoms with Gasteiger partial charge in [0.1, 0.15) is 20.7 Å². The molecule has 2 N–H and O–H groups in total. The first-order valence-electron chi connectivity index (χ1n) is 16.2. The fraction of sp³-hybridized carbons (Fsp3) is 0.0250. The van der Waals surface area contributed by atoms with Crippen LogP contribution in [0.3, 0.4) is 0 Å². The Hall–Kier alpha value is 0.770. The van der Waals surface area contributed by atoms with Crippen LogP contribution in [0.4, 0.5) is 0 Å². The van der Waals surface area contributed by atoms with Gasteiger partial charge < -0.3 is 39.1 Å². The summed E-state index contributed by atoms with van der Waals surface area (Å²) in [6, 6.07) is 20.8. The second-order valence-corrected chi connectivity index (χ2v) is 21.5. The number of aromatic carboxylic acids is 1. The molecular formula is C40H14I8Na2O10. The average Bonchev–Trinajstić information content (AvgIpc) is 3.50. The quantitative estimate of drug-likeness (QED) is 0.109. The Bertz CT molecular complexity index is 2970. The number of hydrogen-bond acceptors (Lipinski definition) is 10. The molecule has 0 unspecified atom stereocenters. The summed E-state index contributed by atoms with van der Waals surface area (Å²) in [4.78, 5) is 37.2. The van der Waals surface area contributed by atoms with Gasteiger partial charge in [0.05, 0.1) is 40.5 Å². The van der Waals surface area contributed by atoms with E-state index in [1.54, 1.807) is 54.6 Å². The van der Waals surface area contributed by atoms with E-state index in [-0.39, 0.29) is 87.4 Å². The van der Waals surface area contributed by atoms with Crippen molar-refractivity contribution in [1.82, 2.24) is 0 Å². The summed E-state index contributed by atoms with van der Waals surface area (Å²) < 4.78 is 22.4. The van der Waals surface area contributed by atoms with Crippen molar-refractivity contribution < 1.29 is 103 Å². The van der Waals surface area contributed by atoms with Crippen LogP contribution in [0.5, 0.6) is 28.7 Å². The fourth-order valence-corrected chi connectivity index (χ4v) is 14.1. The van der Waals surface area contributed by atoms with Crippen molar-refractivity contribution in [2.24, 2.45) is 0 Å². The zero-order valence-electron chi connectivity index (χ0n) is 30.1. The van der Waals surface area contributed by atoms with Crippen molar-refractivity contribution in [1.29, 1.82) is 0 Å². The van der Waals surface area contributed by atoms with E-state index in [0.717, 1.165) is 0 Å². The maximum absolute atomic E-state index is 12.9. The number of esters is 1. The number of hydrogen-bond donors (Lipinski definition) is 2. The van der Waals surface area contributed by atoms with E-state index in [4.69, 9.17) is 13.9 Å². The Kier molecular flexibility index (Phi) is 16.3. The number of carbonyl (C=O) groups is 2. The van der Waals surface area contributed by atoms with E-state index in [2.05, 4.69) is 45.2 Å². The maximum atomic E-state index is 12.9. The number of carbonyl (C=O) groups excluding carboxylic acids is 2. The van der Waals surface area contributed by atoms with Gasteiger partial charge in [-0.05, 0) is 217 Å². The molecule has 0 fully saturated rings. The molecule has 3 heterocycles. The molecule has 4 aliphatic rings. The van der Waals surface area contributed by atoms with Crippen molar-refractivity contribution in [2.45, 2.75) is 5.60 Å². The molecule has 9 rings (SSSR count). The molecule has 10 nitrogen and oxygen atoms in total. The van der Waals surface area contributed by atoms with Crippen LogP contribution in [0.1, 0.15) is 37.4 Å². The van der Waals surface area contributed by atoms with Crippen LogP contribution in [0.25, 0.3) is 33.4 Å². The Morgan fingerprint density at radius 1 is 0.633 bits per heavy atom. The molecule has 3 aliphatic heterocycles. The van der Waals surface area contributed by atoms with Crippen molar-refractivity contribution >= 4 is 204 Å². The molecule has 0 atom stereocenters. The number of benzene rings is 6. The maximum Gasteiger partial charge on any atom is 1.00 e. The van der Waals surface area contributed by atoms with Gasteiger partial charge in [0.25, 0.3) is 0 Å². The topological polar surface area (TPSA) is 169 Å². The SMILES string of the molecule is O=C([O-])c1ccccc1-c1c2cc(I)c(=O)c(I)c-2oc2c(I)c([O-])c(I)cc12.O=C1OC2(c3ccccc31)c1cc(I)c(O)c(I)c1Oc1c2cc(I)c(O)c1I.[Na+].[Na+]. The molecule has 0 aromatic heterocycles. The van der Waals surface area contributed by atoms with Crippen molar-refractivity contribution in [2.75, 3.05) is 0 Å². The number of fused-ring (bicyclic) bond motifs is 8. The molecule has 5 aromatic carbocycles. The summed E-state index contributed by atoms with van der Waals surface area (Å²) in [7, 11) is 0. The van der Waals surface area contributed by atoms with Gasteiger partial charge in [-0.25, -0.2) is 4.79 Å². The van der Waals surface area contributed by atoms with Gasteiger partial charge in [0, 0.05) is 34.8 Å². The van der Waals surface area contributed by atoms with Gasteiger partial charge in [0.15, 0.2) is 22.9 Å². The van der Waals surface area contributed by atoms with Gasteiger partial charge in [-0.15, -0.1) is 0 Å². The minimum absolute atomic E-state index is 0. The Balaban J connectivity index is 0.000000195. The van der Waals surface area contributed by atoms with Crippen molar-refractivity contribution in [3.8, 4) is 51.2 Å². The largest absolute Gasteiger partial charge is 1.00 e. The molecular weight excluding hydrogens is 1700 g/mol. The molecule has 0 bridgehead atoms. The second-order valence-electron chi connectivity index (χ2n) is 12.6. The first kappa shape index (κ1) is 50.2. The molecule has 1 aliphatic carbocycles. The van der Waals surface area contributed by atoms with Crippen LogP contribution in [-0.4, -0.2) is 22.2 Å². The fourth-order valence-electron chi connectivity index (χ4n) is 6.92. The summed E-state index contributed by atoms with van der Waals surface area (Å²) in [5.74, 6) is -0.545. The number of carboxylic acids is 1. The third-order valence-electron chi connectivity index (χ3n) is 9.45. The van der Waals surface area contributed by atoms with Gasteiger partial charge in [0.2, 0.25) is 5.43 Å². The minimum atomic E-state index is -1.31. The van der Waals surface area contributed by atoms with E-state index in [1.165, 1.54) is 6.07 Å². The van der Waals surface area contributed by atoms with Gasteiger partial charge in [-0.2, -0.15) is 0 Å². The number of halogens is 8. The molecule has 60 heavy (non-hydrogen) atoms. The summed E-state index contributed by atoms with van der Waals surface area (Å²) in [6.07, 6.45) is 0. The normalized spacial score (nSPS) is 12.9. The van der Waals surface area contributed by atoms with Gasteiger partial charge >= 0.3 is 65.1 Å². The summed E-state index contributed by atoms with van der Waals surface area (Å²) >= 11 is 15.9. The third kappa shape index (κ3) is 8.30. The first-order chi connectivity index (χ1) is 27.5. The van der Waals surface area contributed by atoms with Crippen LogP contribution in [0.15, 0.2) is 82.0 Å². The van der Waals surface area contributed by atoms with E-state index in [0.29, 0.717) is 95.7 Å². The van der Waals surface area contributed by atoms with Gasteiger partial charge in [-0.1, -0.05) is 48.2 Å². The molecule has 0 saturated carbocycles. The summed E-state index contributed by atoms with van der Waals surface area (Å²) in [5, 5.41) is 45.9. The van der Waals surface area contributed by atoms with E-state index in [9.17, 15) is 34.8 Å². The molecule has 0 amide bonds.